The SMILES string of the molecule is CCOc1ccc(N2C[C@@H](c3nc(-c4ccc5c(c4)OCO5)no3)CC2=O)cc1. The number of nitrogens with zero attached hydrogens (tertiary/aromatic N) is 3. The minimum absolute atomic E-state index is 0.0296. The van der Waals surface area contributed by atoms with Crippen molar-refractivity contribution in [1.82, 2.24) is 10.1 Å². The average molecular weight is 393 g/mol. The molecule has 0 aliphatic carbocycles. The van der Waals surface area contributed by atoms with E-state index in [0.717, 1.165) is 17.0 Å². The van der Waals surface area contributed by atoms with Crippen LogP contribution >= 0.6 is 0 Å². The Morgan fingerprint density at radius 2 is 1.97 bits per heavy atom. The highest BCUT2D eigenvalue weighted by atomic mass is 16.7. The second-order valence-corrected chi connectivity index (χ2v) is 6.86. The van der Waals surface area contributed by atoms with E-state index < -0.39 is 0 Å². The van der Waals surface area contributed by atoms with Crippen LogP contribution in [0, 0.1) is 0 Å². The van der Waals surface area contributed by atoms with Crippen LogP contribution in [0.3, 0.4) is 0 Å². The highest BCUT2D eigenvalue weighted by Gasteiger charge is 2.35. The van der Waals surface area contributed by atoms with Crippen molar-refractivity contribution in [2.24, 2.45) is 0 Å². The number of ether oxygens (including phenoxy) is 3. The van der Waals surface area contributed by atoms with Gasteiger partial charge < -0.3 is 23.6 Å². The molecule has 1 fully saturated rings. The Morgan fingerprint density at radius 1 is 1.14 bits per heavy atom. The van der Waals surface area contributed by atoms with Crippen molar-refractivity contribution in [1.29, 1.82) is 0 Å². The summed E-state index contributed by atoms with van der Waals surface area (Å²) in [6.07, 6.45) is 0.329. The molecule has 8 heteroatoms. The molecule has 8 nitrogen and oxygen atoms in total. The lowest BCUT2D eigenvalue weighted by Crippen LogP contribution is -2.24. The zero-order valence-corrected chi connectivity index (χ0v) is 15.8. The van der Waals surface area contributed by atoms with Gasteiger partial charge in [-0.25, -0.2) is 0 Å². The first-order chi connectivity index (χ1) is 14.2. The molecule has 1 aromatic heterocycles. The van der Waals surface area contributed by atoms with Gasteiger partial charge in [0.25, 0.3) is 0 Å². The van der Waals surface area contributed by atoms with Gasteiger partial charge in [-0.1, -0.05) is 5.16 Å². The number of anilines is 1. The minimum atomic E-state index is -0.149. The Bertz CT molecular complexity index is 1050. The summed E-state index contributed by atoms with van der Waals surface area (Å²) >= 11 is 0. The van der Waals surface area contributed by atoms with E-state index in [4.69, 9.17) is 18.7 Å². The molecule has 3 heterocycles. The fourth-order valence-corrected chi connectivity index (χ4v) is 3.57. The zero-order chi connectivity index (χ0) is 19.8. The lowest BCUT2D eigenvalue weighted by molar-refractivity contribution is -0.117. The summed E-state index contributed by atoms with van der Waals surface area (Å²) in [7, 11) is 0. The largest absolute Gasteiger partial charge is 0.494 e. The minimum Gasteiger partial charge on any atom is -0.494 e. The van der Waals surface area contributed by atoms with Gasteiger partial charge in [0.1, 0.15) is 5.75 Å². The maximum Gasteiger partial charge on any atom is 0.232 e. The van der Waals surface area contributed by atoms with Gasteiger partial charge in [0.05, 0.1) is 12.5 Å². The number of carbonyl (C=O) groups is 1. The first kappa shape index (κ1) is 17.5. The predicted molar refractivity (Wildman–Crippen MR) is 103 cm³/mol. The summed E-state index contributed by atoms with van der Waals surface area (Å²) < 4.78 is 21.7. The third-order valence-corrected chi connectivity index (χ3v) is 5.01. The maximum absolute atomic E-state index is 12.5. The van der Waals surface area contributed by atoms with Crippen LogP contribution < -0.4 is 19.1 Å². The molecule has 29 heavy (non-hydrogen) atoms. The molecule has 0 radical (unpaired) electrons. The Hall–Kier alpha value is -3.55. The molecule has 0 spiro atoms. The van der Waals surface area contributed by atoms with Crippen LogP contribution in [0.2, 0.25) is 0 Å². The van der Waals surface area contributed by atoms with Crippen LogP contribution in [0.4, 0.5) is 5.69 Å². The predicted octanol–water partition coefficient (Wildman–Crippen LogP) is 3.38. The van der Waals surface area contributed by atoms with Crippen molar-refractivity contribution < 1.29 is 23.5 Å². The highest BCUT2D eigenvalue weighted by molar-refractivity contribution is 5.96. The van der Waals surface area contributed by atoms with E-state index in [1.165, 1.54) is 0 Å². The van der Waals surface area contributed by atoms with Gasteiger partial charge in [0, 0.05) is 24.2 Å². The standard InChI is InChI=1S/C21H19N3O5/c1-2-26-16-6-4-15(5-7-16)24-11-14(10-19(24)25)21-22-20(23-29-21)13-3-8-17-18(9-13)28-12-27-17/h3-9,14H,2,10-12H2,1H3/t14-/m0/s1. The second kappa shape index (κ2) is 7.12. The van der Waals surface area contributed by atoms with Crippen LogP contribution in [0.5, 0.6) is 17.2 Å². The Balaban J connectivity index is 1.33. The Labute approximate surface area is 167 Å². The van der Waals surface area contributed by atoms with Gasteiger partial charge in [0.15, 0.2) is 11.5 Å². The summed E-state index contributed by atoms with van der Waals surface area (Å²) in [5, 5.41) is 4.08. The number of benzene rings is 2. The van der Waals surface area contributed by atoms with Gasteiger partial charge >= 0.3 is 0 Å². The molecule has 0 bridgehead atoms. The molecular formula is C21H19N3O5. The van der Waals surface area contributed by atoms with Crippen LogP contribution in [0.25, 0.3) is 11.4 Å². The Morgan fingerprint density at radius 3 is 2.79 bits per heavy atom. The van der Waals surface area contributed by atoms with Crippen molar-refractivity contribution in [3.8, 4) is 28.6 Å². The summed E-state index contributed by atoms with van der Waals surface area (Å²) in [6.45, 7) is 3.25. The topological polar surface area (TPSA) is 86.9 Å². The first-order valence-electron chi connectivity index (χ1n) is 9.48. The molecule has 2 aromatic carbocycles. The quantitative estimate of drug-likeness (QED) is 0.657. The maximum atomic E-state index is 12.5. The molecule has 3 aromatic rings. The molecule has 148 valence electrons. The molecule has 0 N–H and O–H groups in total. The van der Waals surface area contributed by atoms with E-state index in [2.05, 4.69) is 10.1 Å². The van der Waals surface area contributed by atoms with Gasteiger partial charge in [-0.15, -0.1) is 0 Å². The number of carbonyl (C=O) groups excluding carboxylic acids is 1. The van der Waals surface area contributed by atoms with E-state index in [1.807, 2.05) is 49.4 Å². The number of hydrogen-bond acceptors (Lipinski definition) is 7. The van der Waals surface area contributed by atoms with Gasteiger partial charge in [-0.3, -0.25) is 4.79 Å². The molecule has 1 atom stereocenters. The third-order valence-electron chi connectivity index (χ3n) is 5.01. The summed E-state index contributed by atoms with van der Waals surface area (Å²) in [5.74, 6) is 2.94. The molecule has 0 saturated carbocycles. The van der Waals surface area contributed by atoms with E-state index in [1.54, 1.807) is 4.90 Å². The number of fused-ring (bicyclic) bond motifs is 1. The zero-order valence-electron chi connectivity index (χ0n) is 15.8. The summed E-state index contributed by atoms with van der Waals surface area (Å²) in [5.41, 5.74) is 1.61. The van der Waals surface area contributed by atoms with Gasteiger partial charge in [-0.05, 0) is 49.4 Å². The van der Waals surface area contributed by atoms with Crippen LogP contribution in [-0.4, -0.2) is 36.0 Å². The average Bonchev–Trinajstić information content (AvgIpc) is 3.47. The molecule has 1 amide bonds. The monoisotopic (exact) mass is 393 g/mol. The fourth-order valence-electron chi connectivity index (χ4n) is 3.57. The second-order valence-electron chi connectivity index (χ2n) is 6.86. The smallest absolute Gasteiger partial charge is 0.232 e. The fraction of sp³-hybridized carbons (Fsp3) is 0.286. The van der Waals surface area contributed by atoms with E-state index >= 15 is 0 Å². The summed E-state index contributed by atoms with van der Waals surface area (Å²) in [6, 6.07) is 13.0. The lowest BCUT2D eigenvalue weighted by Gasteiger charge is -2.16. The van der Waals surface area contributed by atoms with Gasteiger partial charge in [-0.2, -0.15) is 4.98 Å². The number of amides is 1. The molecule has 2 aliphatic heterocycles. The van der Waals surface area contributed by atoms with Crippen LogP contribution in [-0.2, 0) is 4.79 Å². The van der Waals surface area contributed by atoms with Crippen molar-refractivity contribution in [3.63, 3.8) is 0 Å². The van der Waals surface area contributed by atoms with Crippen LogP contribution in [0.15, 0.2) is 47.0 Å². The van der Waals surface area contributed by atoms with Crippen molar-refractivity contribution in [3.05, 3.63) is 48.4 Å². The highest BCUT2D eigenvalue weighted by Crippen LogP contribution is 2.36. The molecule has 1 saturated heterocycles. The number of aromatic nitrogens is 2. The molecular weight excluding hydrogens is 374 g/mol. The Kier molecular flexibility index (Phi) is 4.31. The van der Waals surface area contributed by atoms with Crippen molar-refractivity contribution >= 4 is 11.6 Å². The number of hydrogen-bond donors (Lipinski definition) is 0. The van der Waals surface area contributed by atoms with E-state index in [9.17, 15) is 4.79 Å². The third kappa shape index (κ3) is 3.26. The lowest BCUT2D eigenvalue weighted by atomic mass is 10.1. The summed E-state index contributed by atoms with van der Waals surface area (Å²) in [4.78, 5) is 18.8. The number of rotatable bonds is 5. The van der Waals surface area contributed by atoms with E-state index in [-0.39, 0.29) is 18.6 Å². The van der Waals surface area contributed by atoms with Crippen molar-refractivity contribution in [2.75, 3.05) is 24.8 Å². The molecule has 2 aliphatic rings. The molecule has 0 unspecified atom stereocenters. The van der Waals surface area contributed by atoms with Crippen molar-refractivity contribution in [2.45, 2.75) is 19.3 Å². The first-order valence-corrected chi connectivity index (χ1v) is 9.48. The van der Waals surface area contributed by atoms with Crippen LogP contribution in [0.1, 0.15) is 25.2 Å². The van der Waals surface area contributed by atoms with Gasteiger partial charge in [0.2, 0.25) is 24.4 Å². The van der Waals surface area contributed by atoms with E-state index in [0.29, 0.717) is 42.8 Å². The normalized spacial score (nSPS) is 17.8. The molecule has 5 rings (SSSR count).